The first-order valence-electron chi connectivity index (χ1n) is 6.59. The van der Waals surface area contributed by atoms with Crippen molar-refractivity contribution in [1.82, 2.24) is 10.0 Å². The van der Waals surface area contributed by atoms with Crippen molar-refractivity contribution in [1.29, 1.82) is 0 Å². The summed E-state index contributed by atoms with van der Waals surface area (Å²) in [4.78, 5) is 0.143. The molecule has 2 N–H and O–H groups in total. The van der Waals surface area contributed by atoms with Crippen LogP contribution in [0, 0.1) is 5.92 Å². The van der Waals surface area contributed by atoms with Crippen molar-refractivity contribution in [2.24, 2.45) is 5.92 Å². The molecule has 2 heterocycles. The second kappa shape index (κ2) is 7.04. The van der Waals surface area contributed by atoms with E-state index in [9.17, 15) is 8.42 Å². The summed E-state index contributed by atoms with van der Waals surface area (Å²) in [7, 11) is -3.56. The van der Waals surface area contributed by atoms with Gasteiger partial charge in [0, 0.05) is 19.2 Å². The number of hydrogen-bond donors (Lipinski definition) is 2. The molecule has 6 nitrogen and oxygen atoms in total. The van der Waals surface area contributed by atoms with Gasteiger partial charge in [0.1, 0.15) is 10.7 Å². The maximum absolute atomic E-state index is 12.2. The zero-order valence-electron chi connectivity index (χ0n) is 11.3. The van der Waals surface area contributed by atoms with Crippen LogP contribution in [0.2, 0.25) is 0 Å². The van der Waals surface area contributed by atoms with Crippen LogP contribution in [0.25, 0.3) is 0 Å². The van der Waals surface area contributed by atoms with Gasteiger partial charge in [-0.1, -0.05) is 6.92 Å². The third kappa shape index (κ3) is 4.05. The molecule has 1 unspecified atom stereocenters. The normalized spacial score (nSPS) is 19.6. The van der Waals surface area contributed by atoms with Gasteiger partial charge in [-0.3, -0.25) is 0 Å². The molecule has 0 spiro atoms. The number of ether oxygens (including phenoxy) is 1. The molecule has 1 saturated heterocycles. The quantitative estimate of drug-likeness (QED) is 0.763. The highest BCUT2D eigenvalue weighted by Crippen LogP contribution is 2.26. The lowest BCUT2D eigenvalue weighted by molar-refractivity contribution is 0.186. The van der Waals surface area contributed by atoms with Crippen LogP contribution in [0.4, 0.5) is 0 Å². The molecule has 0 aliphatic carbocycles. The van der Waals surface area contributed by atoms with E-state index in [-0.39, 0.29) is 15.5 Å². The Hall–Kier alpha value is -0.410. The highest BCUT2D eigenvalue weighted by Gasteiger charge is 2.24. The third-order valence-corrected chi connectivity index (χ3v) is 5.41. The van der Waals surface area contributed by atoms with E-state index in [1.54, 1.807) is 6.07 Å². The van der Waals surface area contributed by atoms with Crippen LogP contribution in [0.3, 0.4) is 0 Å². The molecule has 0 saturated carbocycles. The Bertz CT molecular complexity index is 538. The first kappa shape index (κ1) is 16.0. The number of halogens is 1. The van der Waals surface area contributed by atoms with E-state index >= 15 is 0 Å². The summed E-state index contributed by atoms with van der Waals surface area (Å²) >= 11 is 3.16. The monoisotopic (exact) mass is 366 g/mol. The van der Waals surface area contributed by atoms with Crippen LogP contribution in [0.15, 0.2) is 20.0 Å². The Morgan fingerprint density at radius 3 is 2.95 bits per heavy atom. The molecule has 20 heavy (non-hydrogen) atoms. The van der Waals surface area contributed by atoms with Gasteiger partial charge in [-0.05, 0) is 34.8 Å². The van der Waals surface area contributed by atoms with Crippen molar-refractivity contribution in [3.8, 4) is 0 Å². The molecular weight excluding hydrogens is 348 g/mol. The molecule has 114 valence electrons. The van der Waals surface area contributed by atoms with Gasteiger partial charge < -0.3 is 14.5 Å². The minimum atomic E-state index is -3.56. The van der Waals surface area contributed by atoms with E-state index < -0.39 is 10.0 Å². The van der Waals surface area contributed by atoms with Crippen molar-refractivity contribution in [3.05, 3.63) is 16.5 Å². The van der Waals surface area contributed by atoms with Crippen molar-refractivity contribution >= 4 is 26.0 Å². The fraction of sp³-hybridized carbons (Fsp3) is 0.667. The van der Waals surface area contributed by atoms with E-state index in [0.29, 0.717) is 32.1 Å². The minimum Gasteiger partial charge on any atom is -0.452 e. The summed E-state index contributed by atoms with van der Waals surface area (Å²) in [6, 6.07) is 1.54. The van der Waals surface area contributed by atoms with Gasteiger partial charge in [-0.15, -0.1) is 0 Å². The molecular formula is C12H19BrN2O4S. The molecule has 0 bridgehead atoms. The fourth-order valence-electron chi connectivity index (χ4n) is 1.97. The number of rotatable bonds is 7. The smallest absolute Gasteiger partial charge is 0.244 e. The number of furan rings is 1. The maximum atomic E-state index is 12.2. The Morgan fingerprint density at radius 1 is 1.50 bits per heavy atom. The molecule has 0 amide bonds. The SMILES string of the molecule is CCNCc1cc(S(=O)(=O)NCC2CCOC2)c(Br)o1. The van der Waals surface area contributed by atoms with E-state index in [0.717, 1.165) is 13.0 Å². The number of nitrogens with one attached hydrogen (secondary N) is 2. The summed E-state index contributed by atoms with van der Waals surface area (Å²) in [5.74, 6) is 0.833. The second-order valence-electron chi connectivity index (χ2n) is 4.71. The lowest BCUT2D eigenvalue weighted by Crippen LogP contribution is -2.29. The Labute approximate surface area is 127 Å². The average Bonchev–Trinajstić information content (AvgIpc) is 3.03. The number of hydrogen-bond acceptors (Lipinski definition) is 5. The van der Waals surface area contributed by atoms with Crippen LogP contribution >= 0.6 is 15.9 Å². The maximum Gasteiger partial charge on any atom is 0.244 e. The van der Waals surface area contributed by atoms with E-state index in [1.165, 1.54) is 0 Å². The lowest BCUT2D eigenvalue weighted by Gasteiger charge is -2.09. The van der Waals surface area contributed by atoms with Crippen LogP contribution in [0.5, 0.6) is 0 Å². The van der Waals surface area contributed by atoms with Gasteiger partial charge >= 0.3 is 0 Å². The predicted molar refractivity (Wildman–Crippen MR) is 77.9 cm³/mol. The van der Waals surface area contributed by atoms with Gasteiger partial charge in [0.2, 0.25) is 10.0 Å². The summed E-state index contributed by atoms with van der Waals surface area (Å²) in [5, 5.41) is 3.09. The molecule has 1 aliphatic rings. The largest absolute Gasteiger partial charge is 0.452 e. The molecule has 8 heteroatoms. The third-order valence-electron chi connectivity index (χ3n) is 3.13. The molecule has 2 rings (SSSR count). The van der Waals surface area contributed by atoms with Crippen LogP contribution in [0.1, 0.15) is 19.1 Å². The Balaban J connectivity index is 2.02. The second-order valence-corrected chi connectivity index (χ2v) is 7.17. The molecule has 0 radical (unpaired) electrons. The van der Waals surface area contributed by atoms with Crippen molar-refractivity contribution < 1.29 is 17.6 Å². The number of sulfonamides is 1. The van der Waals surface area contributed by atoms with Crippen LogP contribution in [-0.4, -0.2) is 34.7 Å². The first-order valence-corrected chi connectivity index (χ1v) is 8.87. The van der Waals surface area contributed by atoms with Gasteiger partial charge in [-0.2, -0.15) is 0 Å². The first-order chi connectivity index (χ1) is 9.53. The molecule has 1 aromatic heterocycles. The Morgan fingerprint density at radius 2 is 2.30 bits per heavy atom. The van der Waals surface area contributed by atoms with Crippen LogP contribution in [-0.2, 0) is 21.3 Å². The lowest BCUT2D eigenvalue weighted by atomic mass is 10.1. The van der Waals surface area contributed by atoms with Gasteiger partial charge in [0.05, 0.1) is 13.2 Å². The van der Waals surface area contributed by atoms with Crippen molar-refractivity contribution in [2.75, 3.05) is 26.3 Å². The van der Waals surface area contributed by atoms with Crippen molar-refractivity contribution in [2.45, 2.75) is 24.8 Å². The minimum absolute atomic E-state index is 0.143. The molecule has 1 aliphatic heterocycles. The highest BCUT2D eigenvalue weighted by molar-refractivity contribution is 9.10. The zero-order chi connectivity index (χ0) is 14.6. The van der Waals surface area contributed by atoms with E-state index in [2.05, 4.69) is 26.0 Å². The van der Waals surface area contributed by atoms with Crippen molar-refractivity contribution in [3.63, 3.8) is 0 Å². The summed E-state index contributed by atoms with van der Waals surface area (Å²) in [6.07, 6.45) is 0.890. The molecule has 1 fully saturated rings. The average molecular weight is 367 g/mol. The summed E-state index contributed by atoms with van der Waals surface area (Å²) in [5.41, 5.74) is 0. The Kier molecular flexibility index (Phi) is 5.62. The summed E-state index contributed by atoms with van der Waals surface area (Å²) in [6.45, 7) is 4.97. The highest BCUT2D eigenvalue weighted by atomic mass is 79.9. The summed E-state index contributed by atoms with van der Waals surface area (Å²) < 4.78 is 37.9. The standard InChI is InChI=1S/C12H19BrN2O4S/c1-2-14-7-10-5-11(12(13)19-10)20(16,17)15-6-9-3-4-18-8-9/h5,9,14-15H,2-4,6-8H2,1H3. The molecule has 1 atom stereocenters. The topological polar surface area (TPSA) is 80.6 Å². The predicted octanol–water partition coefficient (Wildman–Crippen LogP) is 1.47. The van der Waals surface area contributed by atoms with E-state index in [4.69, 9.17) is 9.15 Å². The fourth-order valence-corrected chi connectivity index (χ4v) is 4.08. The van der Waals surface area contributed by atoms with Gasteiger partial charge in [-0.25, -0.2) is 13.1 Å². The van der Waals surface area contributed by atoms with Gasteiger partial charge in [0.15, 0.2) is 4.67 Å². The van der Waals surface area contributed by atoms with Crippen LogP contribution < -0.4 is 10.0 Å². The molecule has 1 aromatic rings. The van der Waals surface area contributed by atoms with Gasteiger partial charge in [0.25, 0.3) is 0 Å². The van der Waals surface area contributed by atoms with E-state index in [1.807, 2.05) is 6.92 Å². The molecule has 0 aromatic carbocycles. The zero-order valence-corrected chi connectivity index (χ0v) is 13.7.